The highest BCUT2D eigenvalue weighted by molar-refractivity contribution is 5.90. The van der Waals surface area contributed by atoms with Crippen molar-refractivity contribution in [2.24, 2.45) is 0 Å². The monoisotopic (exact) mass is 776 g/mol. The number of aromatic nitrogens is 2. The number of aromatic hydroxyl groups is 4. The molecule has 4 aromatic rings. The van der Waals surface area contributed by atoms with E-state index in [4.69, 9.17) is 9.68 Å². The largest absolute Gasteiger partial charge is 0.492 e. The van der Waals surface area contributed by atoms with Crippen LogP contribution in [0.25, 0.3) is 0 Å². The molecule has 0 atom stereocenters. The second-order valence-electron chi connectivity index (χ2n) is 14.2. The SMILES string of the molecule is O=C(On1c(O)ccc1O)c1ccc(CNC23CNCCNCC(NCc4ccc(C(=O)On5c(O)ccc5O)cc4)(CNCCNC2)CNCCNC3)cc1. The van der Waals surface area contributed by atoms with E-state index in [1.54, 1.807) is 24.3 Å². The summed E-state index contributed by atoms with van der Waals surface area (Å²) in [5.74, 6) is -2.96. The zero-order valence-electron chi connectivity index (χ0n) is 31.1. The van der Waals surface area contributed by atoms with E-state index in [1.165, 1.54) is 24.3 Å². The molecule has 2 aromatic heterocycles. The highest BCUT2D eigenvalue weighted by atomic mass is 16.7. The fraction of sp³-hybridized carbons (Fsp3) is 0.421. The van der Waals surface area contributed by atoms with E-state index in [-0.39, 0.29) is 45.7 Å². The van der Waals surface area contributed by atoms with Crippen LogP contribution in [-0.4, -0.2) is 131 Å². The van der Waals surface area contributed by atoms with Gasteiger partial charge in [-0.3, -0.25) is 0 Å². The molecule has 3 aliphatic heterocycles. The van der Waals surface area contributed by atoms with Crippen LogP contribution in [0.15, 0.2) is 72.8 Å². The average Bonchev–Trinajstić information content (AvgIpc) is 3.70. The Balaban J connectivity index is 1.04. The number of carbonyl (C=O) groups is 2. The van der Waals surface area contributed by atoms with E-state index in [9.17, 15) is 30.0 Å². The number of hydrogen-bond donors (Lipinski definition) is 12. The fourth-order valence-corrected chi connectivity index (χ4v) is 6.60. The fourth-order valence-electron chi connectivity index (χ4n) is 6.60. The van der Waals surface area contributed by atoms with Crippen molar-refractivity contribution in [2.45, 2.75) is 24.2 Å². The number of hydrogen-bond acceptors (Lipinski definition) is 16. The van der Waals surface area contributed by atoms with Crippen molar-refractivity contribution in [3.63, 3.8) is 0 Å². The quantitative estimate of drug-likeness (QED) is 0.0885. The van der Waals surface area contributed by atoms with Gasteiger partial charge in [0.05, 0.1) is 22.2 Å². The summed E-state index contributed by atoms with van der Waals surface area (Å²) >= 11 is 0. The van der Waals surface area contributed by atoms with E-state index in [0.717, 1.165) is 50.4 Å². The van der Waals surface area contributed by atoms with Gasteiger partial charge in [0.15, 0.2) is 0 Å². The first-order chi connectivity index (χ1) is 27.1. The minimum atomic E-state index is -0.713. The molecule has 3 saturated heterocycles. The zero-order chi connectivity index (χ0) is 39.4. The van der Waals surface area contributed by atoms with Gasteiger partial charge in [0.2, 0.25) is 23.5 Å². The highest BCUT2D eigenvalue weighted by Crippen LogP contribution is 2.21. The maximum Gasteiger partial charge on any atom is 0.363 e. The van der Waals surface area contributed by atoms with Gasteiger partial charge in [0.25, 0.3) is 0 Å². The van der Waals surface area contributed by atoms with Crippen LogP contribution in [0, 0.1) is 0 Å². The van der Waals surface area contributed by atoms with Gasteiger partial charge in [0, 0.05) is 116 Å². The Bertz CT molecular complexity index is 1660. The number of nitrogens with one attached hydrogen (secondary N) is 8. The summed E-state index contributed by atoms with van der Waals surface area (Å²) in [6.07, 6.45) is 0. The average molecular weight is 777 g/mol. The van der Waals surface area contributed by atoms with Gasteiger partial charge in [-0.05, 0) is 35.4 Å². The molecule has 0 amide bonds. The lowest BCUT2D eigenvalue weighted by molar-refractivity contribution is 0.0376. The molecule has 12 N–H and O–H groups in total. The van der Waals surface area contributed by atoms with E-state index < -0.39 is 11.9 Å². The standard InChI is InChI=1S/C38H52N10O8/c49-31-9-10-32(50)47(31)55-35(53)29-5-1-27(2-6-29)19-45-37-21-39-13-16-42-24-38(25-43-17-14-40-22-37,26-44-18-15-41-23-37)46-20-28-3-7-30(8-4-28)36(54)56-48-33(51)11-12-34(48)52/h1-12,39-46,49-52H,13-26H2. The normalized spacial score (nSPS) is 21.5. The summed E-state index contributed by atoms with van der Waals surface area (Å²) in [5.41, 5.74) is 1.84. The van der Waals surface area contributed by atoms with Gasteiger partial charge in [-0.2, -0.15) is 0 Å². The third-order valence-corrected chi connectivity index (χ3v) is 9.87. The number of benzene rings is 2. The van der Waals surface area contributed by atoms with Gasteiger partial charge in [0.1, 0.15) is 0 Å². The molecule has 0 aliphatic carbocycles. The first-order valence-corrected chi connectivity index (χ1v) is 18.7. The molecule has 5 heterocycles. The molecule has 0 spiro atoms. The van der Waals surface area contributed by atoms with E-state index in [0.29, 0.717) is 61.8 Å². The van der Waals surface area contributed by atoms with Crippen LogP contribution in [0.4, 0.5) is 0 Å². The molecule has 0 unspecified atom stereocenters. The van der Waals surface area contributed by atoms with E-state index >= 15 is 0 Å². The Labute approximate surface area is 324 Å². The summed E-state index contributed by atoms with van der Waals surface area (Å²) in [6, 6.07) is 18.9. The lowest BCUT2D eigenvalue weighted by Crippen LogP contribution is -2.66. The Morgan fingerprint density at radius 2 is 0.750 bits per heavy atom. The molecule has 3 fully saturated rings. The molecular formula is C38H52N10O8. The minimum absolute atomic E-state index is 0.278. The van der Waals surface area contributed by atoms with Gasteiger partial charge < -0.3 is 72.6 Å². The first-order valence-electron chi connectivity index (χ1n) is 18.7. The lowest BCUT2D eigenvalue weighted by Gasteiger charge is -2.39. The number of fused-ring (bicyclic) bond motifs is 15. The molecule has 0 saturated carbocycles. The van der Waals surface area contributed by atoms with E-state index in [2.05, 4.69) is 42.5 Å². The van der Waals surface area contributed by atoms with Crippen molar-refractivity contribution in [1.82, 2.24) is 52.0 Å². The third kappa shape index (κ3) is 10.8. The Kier molecular flexibility index (Phi) is 13.8. The molecule has 302 valence electrons. The lowest BCUT2D eigenvalue weighted by atomic mass is 9.96. The van der Waals surface area contributed by atoms with Gasteiger partial charge in [-0.1, -0.05) is 24.3 Å². The van der Waals surface area contributed by atoms with Gasteiger partial charge in [-0.25, -0.2) is 9.59 Å². The van der Waals surface area contributed by atoms with Crippen LogP contribution in [0.2, 0.25) is 0 Å². The molecule has 18 heteroatoms. The predicted octanol–water partition coefficient (Wildman–Crippen LogP) is -1.43. The molecule has 3 aliphatic rings. The Hall–Kier alpha value is -5.18. The van der Waals surface area contributed by atoms with Crippen LogP contribution in [0.5, 0.6) is 23.5 Å². The Morgan fingerprint density at radius 3 is 1.02 bits per heavy atom. The molecule has 2 bridgehead atoms. The van der Waals surface area contributed by atoms with Crippen LogP contribution < -0.4 is 52.2 Å². The number of rotatable bonds is 10. The maximum atomic E-state index is 12.6. The first kappa shape index (κ1) is 40.5. The highest BCUT2D eigenvalue weighted by Gasteiger charge is 2.32. The van der Waals surface area contributed by atoms with Gasteiger partial charge in [-0.15, -0.1) is 9.46 Å². The maximum absolute atomic E-state index is 12.6. The zero-order valence-corrected chi connectivity index (χ0v) is 31.1. The van der Waals surface area contributed by atoms with Crippen molar-refractivity contribution in [3.05, 3.63) is 95.1 Å². The van der Waals surface area contributed by atoms with Crippen molar-refractivity contribution in [2.75, 3.05) is 78.5 Å². The smallest absolute Gasteiger partial charge is 0.363 e. The molecule has 2 aromatic carbocycles. The van der Waals surface area contributed by atoms with E-state index in [1.807, 2.05) is 24.3 Å². The van der Waals surface area contributed by atoms with Crippen LogP contribution in [0.3, 0.4) is 0 Å². The van der Waals surface area contributed by atoms with Crippen LogP contribution in [-0.2, 0) is 13.1 Å². The minimum Gasteiger partial charge on any atom is -0.492 e. The topological polar surface area (TPSA) is 240 Å². The van der Waals surface area contributed by atoms with Crippen molar-refractivity contribution >= 4 is 11.9 Å². The second-order valence-corrected chi connectivity index (χ2v) is 14.2. The van der Waals surface area contributed by atoms with Crippen LogP contribution in [0.1, 0.15) is 31.8 Å². The predicted molar refractivity (Wildman–Crippen MR) is 207 cm³/mol. The third-order valence-electron chi connectivity index (χ3n) is 9.87. The number of nitrogens with zero attached hydrogens (tertiary/aromatic N) is 2. The van der Waals surface area contributed by atoms with Crippen LogP contribution >= 0.6 is 0 Å². The Morgan fingerprint density at radius 1 is 0.482 bits per heavy atom. The summed E-state index contributed by atoms with van der Waals surface area (Å²) in [5, 5.41) is 68.7. The van der Waals surface area contributed by atoms with Crippen molar-refractivity contribution in [1.29, 1.82) is 0 Å². The number of carbonyl (C=O) groups excluding carboxylic acids is 2. The summed E-state index contributed by atoms with van der Waals surface area (Å²) in [6.45, 7) is 9.80. The molecule has 18 nitrogen and oxygen atoms in total. The van der Waals surface area contributed by atoms with Gasteiger partial charge >= 0.3 is 11.9 Å². The summed E-state index contributed by atoms with van der Waals surface area (Å²) in [7, 11) is 0. The second kappa shape index (κ2) is 19.1. The van der Waals surface area contributed by atoms with Crippen molar-refractivity contribution in [3.8, 4) is 23.5 Å². The summed E-state index contributed by atoms with van der Waals surface area (Å²) in [4.78, 5) is 35.5. The summed E-state index contributed by atoms with van der Waals surface area (Å²) < 4.78 is 1.33. The molecular weight excluding hydrogens is 724 g/mol. The molecule has 0 radical (unpaired) electrons. The molecule has 56 heavy (non-hydrogen) atoms. The van der Waals surface area contributed by atoms with Crippen molar-refractivity contribution < 1.29 is 39.7 Å². The molecule has 7 rings (SSSR count).